The Labute approximate surface area is 203 Å². The van der Waals surface area contributed by atoms with Gasteiger partial charge in [-0.2, -0.15) is 0 Å². The van der Waals surface area contributed by atoms with E-state index in [4.69, 9.17) is 0 Å². The number of rotatable bonds is 8. The zero-order valence-corrected chi connectivity index (χ0v) is 19.9. The zero-order chi connectivity index (χ0) is 24.8. The van der Waals surface area contributed by atoms with Crippen LogP contribution in [-0.2, 0) is 13.5 Å². The van der Waals surface area contributed by atoms with Crippen molar-refractivity contribution in [2.24, 2.45) is 13.0 Å². The van der Waals surface area contributed by atoms with Crippen molar-refractivity contribution in [3.63, 3.8) is 0 Å². The number of piperidine rings is 1. The Kier molecular flexibility index (Phi) is 7.81. The van der Waals surface area contributed by atoms with Crippen LogP contribution in [0.25, 0.3) is 11.4 Å². The Morgan fingerprint density at radius 3 is 2.69 bits per heavy atom. The lowest BCUT2D eigenvalue weighted by Gasteiger charge is -2.31. The third kappa shape index (κ3) is 6.27. The minimum absolute atomic E-state index is 0.112. The van der Waals surface area contributed by atoms with Gasteiger partial charge in [-0.25, -0.2) is 13.9 Å². The van der Waals surface area contributed by atoms with Crippen LogP contribution in [0.15, 0.2) is 42.5 Å². The first kappa shape index (κ1) is 24.5. The number of tetrazole rings is 1. The summed E-state index contributed by atoms with van der Waals surface area (Å²) in [5, 5.41) is 20.9. The Balaban J connectivity index is 1.50. The number of carbonyl (C=O) groups is 2. The maximum Gasteiger partial charge on any atom is 0.319 e. The lowest BCUT2D eigenvalue weighted by atomic mass is 9.87. The molecule has 0 bridgehead atoms. The third-order valence-electron chi connectivity index (χ3n) is 6.33. The number of Topliss-reactive ketones (excluding diaryl/α,β-unsaturated/α-hetero) is 1. The van der Waals surface area contributed by atoms with E-state index in [-0.39, 0.29) is 30.2 Å². The molecule has 2 amide bonds. The number of nitrogens with one attached hydrogen (secondary N) is 3. The molecule has 1 aromatic heterocycles. The molecule has 0 saturated carbocycles. The number of aromatic nitrogens is 4. The van der Waals surface area contributed by atoms with Crippen LogP contribution >= 0.6 is 0 Å². The molecule has 184 valence electrons. The van der Waals surface area contributed by atoms with E-state index in [1.54, 1.807) is 11.7 Å². The molecule has 2 heterocycles. The highest BCUT2D eigenvalue weighted by molar-refractivity contribution is 5.97. The van der Waals surface area contributed by atoms with Crippen LogP contribution in [0.5, 0.6) is 0 Å². The number of aryl methyl sites for hydroxylation is 2. The number of ketones is 1. The predicted molar refractivity (Wildman–Crippen MR) is 130 cm³/mol. The highest BCUT2D eigenvalue weighted by Crippen LogP contribution is 2.24. The topological polar surface area (TPSA) is 114 Å². The van der Waals surface area contributed by atoms with Crippen LogP contribution in [0.3, 0.4) is 0 Å². The summed E-state index contributed by atoms with van der Waals surface area (Å²) in [5.74, 6) is 0.185. The van der Waals surface area contributed by atoms with Gasteiger partial charge in [0.25, 0.3) is 0 Å². The van der Waals surface area contributed by atoms with E-state index >= 15 is 0 Å². The van der Waals surface area contributed by atoms with Gasteiger partial charge in [0.2, 0.25) is 0 Å². The normalized spacial score (nSPS) is 16.5. The van der Waals surface area contributed by atoms with Crippen LogP contribution in [0, 0.1) is 11.7 Å². The van der Waals surface area contributed by atoms with Crippen LogP contribution in [0.1, 0.15) is 42.1 Å². The molecule has 2 unspecified atom stereocenters. The number of hydrogen-bond donors (Lipinski definition) is 3. The molecule has 0 radical (unpaired) electrons. The van der Waals surface area contributed by atoms with E-state index in [2.05, 4.69) is 31.5 Å². The summed E-state index contributed by atoms with van der Waals surface area (Å²) >= 11 is 0. The molecule has 1 aliphatic heterocycles. The zero-order valence-electron chi connectivity index (χ0n) is 19.9. The standard InChI is InChI=1S/C25H30FN7O2/c1-3-16-11-19(24-30-31-32-33(24)2)13-21(12-16)28-25(35)29-22(18-5-4-10-27-15-18)14-23(34)17-6-8-20(26)9-7-17/h6-9,11-13,18,22,27H,3-5,10,14-15H2,1-2H3,(H2,28,29,35). The van der Waals surface area contributed by atoms with Gasteiger partial charge in [0.1, 0.15) is 5.82 Å². The second-order valence-corrected chi connectivity index (χ2v) is 8.84. The van der Waals surface area contributed by atoms with Crippen molar-refractivity contribution < 1.29 is 14.0 Å². The van der Waals surface area contributed by atoms with Gasteiger partial charge in [-0.1, -0.05) is 6.92 Å². The number of halogens is 1. The summed E-state index contributed by atoms with van der Waals surface area (Å²) in [4.78, 5) is 25.9. The third-order valence-corrected chi connectivity index (χ3v) is 6.33. The van der Waals surface area contributed by atoms with Crippen LogP contribution in [0.2, 0.25) is 0 Å². The Hall–Kier alpha value is -3.66. The fourth-order valence-corrected chi connectivity index (χ4v) is 4.42. The van der Waals surface area contributed by atoms with Crippen molar-refractivity contribution in [1.82, 2.24) is 30.8 Å². The van der Waals surface area contributed by atoms with Crippen LogP contribution in [-0.4, -0.2) is 51.2 Å². The molecule has 35 heavy (non-hydrogen) atoms. The van der Waals surface area contributed by atoms with Gasteiger partial charge in [-0.3, -0.25) is 4.79 Å². The van der Waals surface area contributed by atoms with Crippen molar-refractivity contribution in [2.75, 3.05) is 18.4 Å². The van der Waals surface area contributed by atoms with E-state index in [0.29, 0.717) is 17.1 Å². The number of hydrogen-bond acceptors (Lipinski definition) is 6. The molecule has 9 nitrogen and oxygen atoms in total. The van der Waals surface area contributed by atoms with Gasteiger partial charge in [0, 0.05) is 36.3 Å². The summed E-state index contributed by atoms with van der Waals surface area (Å²) in [6, 6.07) is 10.5. The molecule has 1 aliphatic rings. The van der Waals surface area contributed by atoms with Crippen LogP contribution < -0.4 is 16.0 Å². The van der Waals surface area contributed by atoms with Gasteiger partial charge >= 0.3 is 6.03 Å². The lowest BCUT2D eigenvalue weighted by molar-refractivity contribution is 0.0955. The Morgan fingerprint density at radius 1 is 1.23 bits per heavy atom. The maximum atomic E-state index is 13.3. The quantitative estimate of drug-likeness (QED) is 0.427. The summed E-state index contributed by atoms with van der Waals surface area (Å²) < 4.78 is 14.9. The number of nitrogens with zero attached hydrogens (tertiary/aromatic N) is 4. The van der Waals surface area contributed by atoms with E-state index in [9.17, 15) is 14.0 Å². The molecule has 3 aromatic rings. The average molecular weight is 480 g/mol. The number of urea groups is 1. The summed E-state index contributed by atoms with van der Waals surface area (Å²) in [5.41, 5.74) is 2.87. The molecule has 1 fully saturated rings. The SMILES string of the molecule is CCc1cc(NC(=O)NC(CC(=O)c2ccc(F)cc2)C2CCCNC2)cc(-c2nnnn2C)c1. The fraction of sp³-hybridized carbons (Fsp3) is 0.400. The first-order valence-electron chi connectivity index (χ1n) is 11.9. The molecule has 2 aromatic carbocycles. The number of amides is 2. The monoisotopic (exact) mass is 479 g/mol. The van der Waals surface area contributed by atoms with Crippen molar-refractivity contribution in [3.8, 4) is 11.4 Å². The van der Waals surface area contributed by atoms with E-state index in [1.807, 2.05) is 25.1 Å². The van der Waals surface area contributed by atoms with Crippen molar-refractivity contribution in [3.05, 3.63) is 59.4 Å². The summed E-state index contributed by atoms with van der Waals surface area (Å²) in [7, 11) is 1.76. The molecule has 1 saturated heterocycles. The highest BCUT2D eigenvalue weighted by Gasteiger charge is 2.28. The second-order valence-electron chi connectivity index (χ2n) is 8.84. The van der Waals surface area contributed by atoms with Gasteiger partial charge in [0.15, 0.2) is 11.6 Å². The van der Waals surface area contributed by atoms with Gasteiger partial charge < -0.3 is 16.0 Å². The maximum absolute atomic E-state index is 13.3. The molecular formula is C25H30FN7O2. The molecule has 3 N–H and O–H groups in total. The minimum atomic E-state index is -0.391. The van der Waals surface area contributed by atoms with Gasteiger partial charge in [0.05, 0.1) is 0 Å². The Bertz CT molecular complexity index is 1170. The number of benzene rings is 2. The second kappa shape index (κ2) is 11.2. The first-order chi connectivity index (χ1) is 16.9. The first-order valence-corrected chi connectivity index (χ1v) is 11.9. The largest absolute Gasteiger partial charge is 0.334 e. The predicted octanol–water partition coefficient (Wildman–Crippen LogP) is 3.34. The van der Waals surface area contributed by atoms with Crippen molar-refractivity contribution in [2.45, 2.75) is 38.6 Å². The highest BCUT2D eigenvalue weighted by atomic mass is 19.1. The fourth-order valence-electron chi connectivity index (χ4n) is 4.42. The summed E-state index contributed by atoms with van der Waals surface area (Å²) in [6.45, 7) is 3.67. The molecule has 10 heteroatoms. The number of anilines is 1. The summed E-state index contributed by atoms with van der Waals surface area (Å²) in [6.07, 6.45) is 2.79. The van der Waals surface area contributed by atoms with Crippen LogP contribution in [0.4, 0.5) is 14.9 Å². The van der Waals surface area contributed by atoms with Gasteiger partial charge in [-0.15, -0.1) is 5.10 Å². The van der Waals surface area contributed by atoms with Crippen molar-refractivity contribution in [1.29, 1.82) is 0 Å². The molecule has 0 spiro atoms. The smallest absolute Gasteiger partial charge is 0.319 e. The molecule has 2 atom stereocenters. The van der Waals surface area contributed by atoms with E-state index < -0.39 is 5.82 Å². The molecule has 0 aliphatic carbocycles. The van der Waals surface area contributed by atoms with E-state index in [0.717, 1.165) is 43.5 Å². The number of carbonyl (C=O) groups excluding carboxylic acids is 2. The molecule has 4 rings (SSSR count). The Morgan fingerprint density at radius 2 is 2.03 bits per heavy atom. The minimum Gasteiger partial charge on any atom is -0.334 e. The van der Waals surface area contributed by atoms with E-state index in [1.165, 1.54) is 24.3 Å². The lowest BCUT2D eigenvalue weighted by Crippen LogP contribution is -2.48. The average Bonchev–Trinajstić information content (AvgIpc) is 3.30. The molecular weight excluding hydrogens is 449 g/mol. The van der Waals surface area contributed by atoms with Crippen molar-refractivity contribution >= 4 is 17.5 Å². The van der Waals surface area contributed by atoms with Gasteiger partial charge in [-0.05, 0) is 96.7 Å².